The van der Waals surface area contributed by atoms with Gasteiger partial charge in [0.15, 0.2) is 0 Å². The summed E-state index contributed by atoms with van der Waals surface area (Å²) in [7, 11) is 0. The number of aromatic amines is 1. The molecule has 0 amide bonds. The van der Waals surface area contributed by atoms with Crippen LogP contribution in [0.5, 0.6) is 0 Å². The van der Waals surface area contributed by atoms with Crippen molar-refractivity contribution in [2.45, 2.75) is 13.1 Å². The van der Waals surface area contributed by atoms with Gasteiger partial charge < -0.3 is 4.90 Å². The molecule has 3 rings (SSSR count). The van der Waals surface area contributed by atoms with Crippen LogP contribution in [0.3, 0.4) is 0 Å². The van der Waals surface area contributed by atoms with Gasteiger partial charge in [0.2, 0.25) is 5.95 Å². The topological polar surface area (TPSA) is 57.7 Å². The van der Waals surface area contributed by atoms with E-state index in [0.717, 1.165) is 13.1 Å². The minimum absolute atomic E-state index is 0.678. The normalized spacial score (nSPS) is 10.4. The summed E-state index contributed by atoms with van der Waals surface area (Å²) in [5.74, 6) is 0.678. The van der Waals surface area contributed by atoms with E-state index in [9.17, 15) is 0 Å². The molecule has 5 heteroatoms. The number of nitrogens with one attached hydrogen (secondary N) is 1. The predicted molar refractivity (Wildman–Crippen MR) is 76.9 cm³/mol. The van der Waals surface area contributed by atoms with E-state index in [4.69, 9.17) is 0 Å². The van der Waals surface area contributed by atoms with Gasteiger partial charge in [0.1, 0.15) is 0 Å². The van der Waals surface area contributed by atoms with Gasteiger partial charge in [-0.3, -0.25) is 0 Å². The van der Waals surface area contributed by atoms with Crippen molar-refractivity contribution >= 4 is 5.95 Å². The fourth-order valence-corrected chi connectivity index (χ4v) is 2.10. The molecule has 0 fully saturated rings. The minimum atomic E-state index is 0.678. The Kier molecular flexibility index (Phi) is 3.68. The molecule has 5 nitrogen and oxygen atoms in total. The van der Waals surface area contributed by atoms with Crippen molar-refractivity contribution in [3.8, 4) is 0 Å². The van der Waals surface area contributed by atoms with Gasteiger partial charge in [-0.15, -0.1) is 0 Å². The van der Waals surface area contributed by atoms with Crippen molar-refractivity contribution in [3.05, 3.63) is 71.8 Å². The van der Waals surface area contributed by atoms with Crippen LogP contribution in [0.4, 0.5) is 5.95 Å². The molecule has 0 bridgehead atoms. The number of nitrogens with zero attached hydrogens (tertiary/aromatic N) is 4. The second-order valence-corrected chi connectivity index (χ2v) is 4.55. The number of benzene rings is 2. The highest BCUT2D eigenvalue weighted by molar-refractivity contribution is 5.32. The van der Waals surface area contributed by atoms with E-state index in [1.54, 1.807) is 0 Å². The fourth-order valence-electron chi connectivity index (χ4n) is 2.10. The Morgan fingerprint density at radius 2 is 1.35 bits per heavy atom. The van der Waals surface area contributed by atoms with Gasteiger partial charge in [-0.05, 0) is 21.6 Å². The van der Waals surface area contributed by atoms with E-state index in [2.05, 4.69) is 49.8 Å². The first-order valence-electron chi connectivity index (χ1n) is 6.48. The molecule has 1 aromatic heterocycles. The number of H-pyrrole nitrogens is 1. The molecular weight excluding hydrogens is 250 g/mol. The van der Waals surface area contributed by atoms with Crippen LogP contribution >= 0.6 is 0 Å². The third-order valence-corrected chi connectivity index (χ3v) is 3.07. The molecule has 2 aromatic carbocycles. The SMILES string of the molecule is c1ccc(CN(Cc2ccccc2)c2nnn[nH]2)cc1. The second kappa shape index (κ2) is 5.97. The quantitative estimate of drug-likeness (QED) is 0.769. The zero-order valence-electron chi connectivity index (χ0n) is 11.0. The molecule has 0 spiro atoms. The largest absolute Gasteiger partial charge is 0.331 e. The van der Waals surface area contributed by atoms with Gasteiger partial charge in [0, 0.05) is 13.1 Å². The van der Waals surface area contributed by atoms with Crippen molar-refractivity contribution in [1.82, 2.24) is 20.6 Å². The van der Waals surface area contributed by atoms with Crippen molar-refractivity contribution in [2.75, 3.05) is 4.90 Å². The maximum Gasteiger partial charge on any atom is 0.243 e. The molecule has 20 heavy (non-hydrogen) atoms. The molecule has 1 N–H and O–H groups in total. The van der Waals surface area contributed by atoms with Crippen LogP contribution in [0.1, 0.15) is 11.1 Å². The Labute approximate surface area is 117 Å². The summed E-state index contributed by atoms with van der Waals surface area (Å²) in [4.78, 5) is 2.12. The third-order valence-electron chi connectivity index (χ3n) is 3.07. The number of anilines is 1. The van der Waals surface area contributed by atoms with Crippen LogP contribution in [-0.2, 0) is 13.1 Å². The Hall–Kier alpha value is -2.69. The van der Waals surface area contributed by atoms with Crippen molar-refractivity contribution in [2.24, 2.45) is 0 Å². The molecule has 0 atom stereocenters. The highest BCUT2D eigenvalue weighted by atomic mass is 15.5. The average molecular weight is 265 g/mol. The Balaban J connectivity index is 1.81. The van der Waals surface area contributed by atoms with Crippen LogP contribution in [0.15, 0.2) is 60.7 Å². The molecule has 100 valence electrons. The first kappa shape index (κ1) is 12.3. The van der Waals surface area contributed by atoms with Gasteiger partial charge in [-0.1, -0.05) is 65.8 Å². The van der Waals surface area contributed by atoms with Crippen molar-refractivity contribution < 1.29 is 0 Å². The highest BCUT2D eigenvalue weighted by Crippen LogP contribution is 2.14. The smallest absolute Gasteiger partial charge is 0.243 e. The first-order valence-corrected chi connectivity index (χ1v) is 6.48. The van der Waals surface area contributed by atoms with E-state index in [1.165, 1.54) is 11.1 Å². The maximum atomic E-state index is 4.02. The fraction of sp³-hybridized carbons (Fsp3) is 0.133. The first-order chi connectivity index (χ1) is 9.92. The molecule has 1 heterocycles. The Morgan fingerprint density at radius 1 is 0.800 bits per heavy atom. The van der Waals surface area contributed by atoms with Crippen molar-refractivity contribution in [1.29, 1.82) is 0 Å². The summed E-state index contributed by atoms with van der Waals surface area (Å²) in [5.41, 5.74) is 2.44. The van der Waals surface area contributed by atoms with Gasteiger partial charge in [0.05, 0.1) is 0 Å². The summed E-state index contributed by atoms with van der Waals surface area (Å²) >= 11 is 0. The van der Waals surface area contributed by atoms with Gasteiger partial charge >= 0.3 is 0 Å². The molecule has 0 saturated heterocycles. The number of tetrazole rings is 1. The molecule has 0 aliphatic rings. The monoisotopic (exact) mass is 265 g/mol. The second-order valence-electron chi connectivity index (χ2n) is 4.55. The minimum Gasteiger partial charge on any atom is -0.331 e. The Bertz CT molecular complexity index is 580. The van der Waals surface area contributed by atoms with Crippen LogP contribution in [0.2, 0.25) is 0 Å². The molecule has 0 radical (unpaired) electrons. The summed E-state index contributed by atoms with van der Waals surface area (Å²) in [6.07, 6.45) is 0. The van der Waals surface area contributed by atoms with Gasteiger partial charge in [-0.25, -0.2) is 5.10 Å². The number of hydrogen-bond donors (Lipinski definition) is 1. The van der Waals surface area contributed by atoms with E-state index in [0.29, 0.717) is 5.95 Å². The summed E-state index contributed by atoms with van der Waals surface area (Å²) in [6.45, 7) is 1.51. The molecule has 0 unspecified atom stereocenters. The molecule has 3 aromatic rings. The zero-order valence-corrected chi connectivity index (χ0v) is 11.0. The molecule has 0 aliphatic carbocycles. The van der Waals surface area contributed by atoms with Crippen LogP contribution in [-0.4, -0.2) is 20.6 Å². The van der Waals surface area contributed by atoms with Crippen LogP contribution < -0.4 is 4.90 Å². The molecular formula is C15H15N5. The van der Waals surface area contributed by atoms with Crippen LogP contribution in [0, 0.1) is 0 Å². The average Bonchev–Trinajstić information content (AvgIpc) is 3.03. The predicted octanol–water partition coefficient (Wildman–Crippen LogP) is 2.41. The zero-order chi connectivity index (χ0) is 13.6. The number of rotatable bonds is 5. The number of aromatic nitrogens is 4. The van der Waals surface area contributed by atoms with E-state index < -0.39 is 0 Å². The van der Waals surface area contributed by atoms with E-state index in [-0.39, 0.29) is 0 Å². The molecule has 0 saturated carbocycles. The van der Waals surface area contributed by atoms with Crippen molar-refractivity contribution in [3.63, 3.8) is 0 Å². The number of hydrogen-bond acceptors (Lipinski definition) is 4. The lowest BCUT2D eigenvalue weighted by Gasteiger charge is -2.21. The highest BCUT2D eigenvalue weighted by Gasteiger charge is 2.11. The summed E-state index contributed by atoms with van der Waals surface area (Å²) < 4.78 is 0. The summed E-state index contributed by atoms with van der Waals surface area (Å²) in [6, 6.07) is 20.6. The van der Waals surface area contributed by atoms with E-state index >= 15 is 0 Å². The summed E-state index contributed by atoms with van der Waals surface area (Å²) in [5, 5.41) is 14.2. The standard InChI is InChI=1S/C15H15N5/c1-3-7-13(8-4-1)11-20(15-16-18-19-17-15)12-14-9-5-2-6-10-14/h1-10H,11-12H2,(H,16,17,18,19). The third kappa shape index (κ3) is 3.00. The Morgan fingerprint density at radius 3 is 1.80 bits per heavy atom. The van der Waals surface area contributed by atoms with E-state index in [1.807, 2.05) is 36.4 Å². The lowest BCUT2D eigenvalue weighted by Crippen LogP contribution is -2.23. The lowest BCUT2D eigenvalue weighted by atomic mass is 10.2. The van der Waals surface area contributed by atoms with Gasteiger partial charge in [0.25, 0.3) is 0 Å². The molecule has 0 aliphatic heterocycles. The van der Waals surface area contributed by atoms with Crippen LogP contribution in [0.25, 0.3) is 0 Å². The lowest BCUT2D eigenvalue weighted by molar-refractivity contribution is 0.765. The van der Waals surface area contributed by atoms with Gasteiger partial charge in [-0.2, -0.15) is 0 Å². The maximum absolute atomic E-state index is 4.02.